The quantitative estimate of drug-likeness (QED) is 0.865. The molecular weight excluding hydrogens is 304 g/mol. The average molecular weight is 319 g/mol. The van der Waals surface area contributed by atoms with Crippen LogP contribution in [0.3, 0.4) is 0 Å². The summed E-state index contributed by atoms with van der Waals surface area (Å²) in [5, 5.41) is 10.7. The van der Waals surface area contributed by atoms with E-state index in [0.717, 1.165) is 6.42 Å². The van der Waals surface area contributed by atoms with Crippen molar-refractivity contribution in [3.8, 4) is 34.6 Å². The number of fused-ring (bicyclic) bond motifs is 1. The number of benzene rings is 1. The van der Waals surface area contributed by atoms with Gasteiger partial charge in [-0.15, -0.1) is 5.92 Å². The van der Waals surface area contributed by atoms with Crippen LogP contribution in [0.4, 0.5) is 0 Å². The van der Waals surface area contributed by atoms with Gasteiger partial charge in [-0.05, 0) is 25.5 Å². The Morgan fingerprint density at radius 2 is 2.00 bits per heavy atom. The number of hydrogen-bond acceptors (Lipinski definition) is 3. The van der Waals surface area contributed by atoms with Crippen molar-refractivity contribution < 1.29 is 9.84 Å². The maximum absolute atomic E-state index is 12.6. The number of halogens is 1. The predicted molar refractivity (Wildman–Crippen MR) is 84.5 cm³/mol. The Balaban J connectivity index is 2.29. The van der Waals surface area contributed by atoms with E-state index >= 15 is 0 Å². The molecule has 2 aromatic rings. The number of rotatable bonds is 2. The van der Waals surface area contributed by atoms with Crippen LogP contribution >= 0.6 is 11.6 Å². The van der Waals surface area contributed by atoms with E-state index < -0.39 is 0 Å². The number of hydrogen-bond donors (Lipinski definition) is 1. The fraction of sp³-hybridized carbons (Fsp3) is 0.312. The molecule has 1 N–H and O–H groups in total. The number of aromatic hydroxyl groups is 1. The Bertz CT molecular complexity index is 868. The van der Waals surface area contributed by atoms with Crippen molar-refractivity contribution in [1.29, 1.82) is 0 Å². The molecule has 0 unspecified atom stereocenters. The van der Waals surface area contributed by atoms with E-state index in [9.17, 15) is 9.90 Å². The molecule has 5 nitrogen and oxygen atoms in total. The fourth-order valence-corrected chi connectivity index (χ4v) is 3.12. The maximum Gasteiger partial charge on any atom is 0.278 e. The van der Waals surface area contributed by atoms with Crippen LogP contribution in [0.25, 0.3) is 11.1 Å². The number of methoxy groups -OCH3 is 1. The van der Waals surface area contributed by atoms with Gasteiger partial charge in [-0.2, -0.15) is 0 Å². The van der Waals surface area contributed by atoms with Gasteiger partial charge in [-0.1, -0.05) is 17.5 Å². The summed E-state index contributed by atoms with van der Waals surface area (Å²) in [4.78, 5) is 12.6. The van der Waals surface area contributed by atoms with Gasteiger partial charge < -0.3 is 9.84 Å². The molecule has 1 aromatic heterocycles. The minimum Gasteiger partial charge on any atom is -0.496 e. The minimum absolute atomic E-state index is 0.0722. The van der Waals surface area contributed by atoms with Crippen LogP contribution in [0.1, 0.15) is 18.9 Å². The van der Waals surface area contributed by atoms with E-state index in [2.05, 4.69) is 11.8 Å². The lowest BCUT2D eigenvalue weighted by atomic mass is 10.0. The molecule has 0 amide bonds. The second-order valence-corrected chi connectivity index (χ2v) is 5.42. The van der Waals surface area contributed by atoms with E-state index in [1.807, 2.05) is 0 Å². The lowest BCUT2D eigenvalue weighted by Gasteiger charge is -2.10. The summed E-state index contributed by atoms with van der Waals surface area (Å²) < 4.78 is 8.46. The molecule has 22 heavy (non-hydrogen) atoms. The van der Waals surface area contributed by atoms with Crippen molar-refractivity contribution in [2.45, 2.75) is 26.4 Å². The number of aromatic nitrogens is 2. The van der Waals surface area contributed by atoms with E-state index in [4.69, 9.17) is 16.3 Å². The zero-order valence-electron chi connectivity index (χ0n) is 12.3. The summed E-state index contributed by atoms with van der Waals surface area (Å²) in [6.45, 7) is 2.93. The Morgan fingerprint density at radius 3 is 2.64 bits per heavy atom. The molecule has 114 valence electrons. The Kier molecular flexibility index (Phi) is 3.63. The van der Waals surface area contributed by atoms with Crippen LogP contribution in [0.2, 0.25) is 5.02 Å². The van der Waals surface area contributed by atoms with Crippen molar-refractivity contribution in [1.82, 2.24) is 9.36 Å². The first-order chi connectivity index (χ1) is 10.6. The van der Waals surface area contributed by atoms with Crippen molar-refractivity contribution in [2.75, 3.05) is 7.11 Å². The number of ether oxygens (including phenoxy) is 1. The highest BCUT2D eigenvalue weighted by Gasteiger charge is 2.27. The highest BCUT2D eigenvalue weighted by Crippen LogP contribution is 2.40. The van der Waals surface area contributed by atoms with Crippen molar-refractivity contribution >= 4 is 11.6 Å². The first kappa shape index (κ1) is 14.6. The molecule has 1 aromatic carbocycles. The van der Waals surface area contributed by atoms with Gasteiger partial charge in [0.25, 0.3) is 5.56 Å². The fourth-order valence-electron chi connectivity index (χ4n) is 2.82. The van der Waals surface area contributed by atoms with Gasteiger partial charge in [0.05, 0.1) is 17.7 Å². The third-order valence-corrected chi connectivity index (χ3v) is 4.04. The first-order valence-corrected chi connectivity index (χ1v) is 7.29. The van der Waals surface area contributed by atoms with Gasteiger partial charge in [0.1, 0.15) is 11.3 Å². The van der Waals surface area contributed by atoms with Gasteiger partial charge in [0.15, 0.2) is 0 Å². The summed E-state index contributed by atoms with van der Waals surface area (Å²) >= 11 is 6.33. The average Bonchev–Trinajstić information content (AvgIpc) is 3.05. The van der Waals surface area contributed by atoms with Gasteiger partial charge in [-0.3, -0.25) is 9.48 Å². The molecule has 0 spiro atoms. The summed E-state index contributed by atoms with van der Waals surface area (Å²) in [7, 11) is 1.50. The Hall–Kier alpha value is -2.32. The van der Waals surface area contributed by atoms with Crippen LogP contribution in [0, 0.1) is 11.8 Å². The van der Waals surface area contributed by atoms with E-state index in [1.165, 1.54) is 11.8 Å². The van der Waals surface area contributed by atoms with Crippen molar-refractivity contribution in [3.05, 3.63) is 33.1 Å². The lowest BCUT2D eigenvalue weighted by Crippen LogP contribution is -2.17. The molecule has 2 heterocycles. The minimum atomic E-state index is -0.260. The molecule has 1 aliphatic heterocycles. The second kappa shape index (κ2) is 5.47. The SMILES string of the molecule is CC#Cc1cc(Cl)c(-c2c(O)n3n(c2=O)CCC3)c(OC)c1. The molecule has 0 aliphatic carbocycles. The van der Waals surface area contributed by atoms with Crippen LogP contribution in [0.5, 0.6) is 11.6 Å². The summed E-state index contributed by atoms with van der Waals surface area (Å²) in [6.07, 6.45) is 0.832. The third-order valence-electron chi connectivity index (χ3n) is 3.74. The normalized spacial score (nSPS) is 12.7. The molecule has 1 aliphatic rings. The van der Waals surface area contributed by atoms with Crippen molar-refractivity contribution in [2.24, 2.45) is 0 Å². The largest absolute Gasteiger partial charge is 0.496 e. The smallest absolute Gasteiger partial charge is 0.278 e. The monoisotopic (exact) mass is 318 g/mol. The van der Waals surface area contributed by atoms with Gasteiger partial charge >= 0.3 is 0 Å². The maximum atomic E-state index is 12.6. The highest BCUT2D eigenvalue weighted by atomic mass is 35.5. The standard InChI is InChI=1S/C16H15ClN2O3/c1-3-5-10-8-11(17)13(12(9-10)22-2)14-15(20)18-6-4-7-19(18)16(14)21/h8-9,20H,4,6-7H2,1-2H3. The molecule has 0 bridgehead atoms. The van der Waals surface area contributed by atoms with Gasteiger partial charge in [0.2, 0.25) is 5.88 Å². The Labute approximate surface area is 132 Å². The molecule has 0 saturated carbocycles. The zero-order valence-corrected chi connectivity index (χ0v) is 13.1. The molecule has 3 rings (SSSR count). The van der Waals surface area contributed by atoms with Crippen LogP contribution in [-0.2, 0) is 13.1 Å². The molecule has 0 atom stereocenters. The second-order valence-electron chi connectivity index (χ2n) is 5.01. The molecule has 0 fully saturated rings. The van der Waals surface area contributed by atoms with E-state index in [0.29, 0.717) is 35.0 Å². The van der Waals surface area contributed by atoms with Gasteiger partial charge in [-0.25, -0.2) is 4.68 Å². The topological polar surface area (TPSA) is 56.4 Å². The lowest BCUT2D eigenvalue weighted by molar-refractivity contribution is 0.398. The van der Waals surface area contributed by atoms with Crippen molar-refractivity contribution in [3.63, 3.8) is 0 Å². The summed E-state index contributed by atoms with van der Waals surface area (Å²) in [6, 6.07) is 3.38. The predicted octanol–water partition coefficient (Wildman–Crippen LogP) is 2.46. The molecule has 0 radical (unpaired) electrons. The van der Waals surface area contributed by atoms with E-state index in [1.54, 1.807) is 23.7 Å². The van der Waals surface area contributed by atoms with Gasteiger partial charge in [0, 0.05) is 18.7 Å². The highest BCUT2D eigenvalue weighted by molar-refractivity contribution is 6.34. The summed E-state index contributed by atoms with van der Waals surface area (Å²) in [5.74, 6) is 6.04. The molecular formula is C16H15ClN2O3. The van der Waals surface area contributed by atoms with Crippen LogP contribution in [0.15, 0.2) is 16.9 Å². The zero-order chi connectivity index (χ0) is 15.9. The van der Waals surface area contributed by atoms with Crippen LogP contribution < -0.4 is 10.3 Å². The summed E-state index contributed by atoms with van der Waals surface area (Å²) in [5.41, 5.74) is 1.02. The van der Waals surface area contributed by atoms with Crippen LogP contribution in [-0.4, -0.2) is 21.6 Å². The Morgan fingerprint density at radius 1 is 1.27 bits per heavy atom. The molecule has 6 heteroatoms. The number of nitrogens with zero attached hydrogens (tertiary/aromatic N) is 2. The first-order valence-electron chi connectivity index (χ1n) is 6.91. The third kappa shape index (κ3) is 2.08. The van der Waals surface area contributed by atoms with E-state index in [-0.39, 0.29) is 17.0 Å². The molecule has 0 saturated heterocycles.